The van der Waals surface area contributed by atoms with Gasteiger partial charge in [0.2, 0.25) is 0 Å². The highest BCUT2D eigenvalue weighted by molar-refractivity contribution is 6.19. The normalized spacial score (nSPS) is 11.5. The smallest absolute Gasteiger partial charge is 0.303 e. The highest BCUT2D eigenvalue weighted by Crippen LogP contribution is 2.22. The highest BCUT2D eigenvalue weighted by Gasteiger charge is 2.11. The van der Waals surface area contributed by atoms with Crippen LogP contribution in [-0.2, 0) is 9.63 Å². The quantitative estimate of drug-likeness (QED) is 0.375. The van der Waals surface area contributed by atoms with Crippen LogP contribution in [0.5, 0.6) is 0 Å². The minimum Gasteiger partial charge on any atom is -0.481 e. The minimum absolute atomic E-state index is 0.145. The first-order valence-electron chi connectivity index (χ1n) is 8.56. The van der Waals surface area contributed by atoms with Crippen LogP contribution < -0.4 is 0 Å². The third-order valence-electron chi connectivity index (χ3n) is 4.01. The van der Waals surface area contributed by atoms with E-state index in [1.54, 1.807) is 12.4 Å². The number of carboxylic acid groups (broad SMARTS) is 1. The number of oxime groups is 1. The van der Waals surface area contributed by atoms with Crippen molar-refractivity contribution in [2.24, 2.45) is 5.16 Å². The summed E-state index contributed by atoms with van der Waals surface area (Å²) in [6.07, 6.45) is 4.84. The Morgan fingerprint density at radius 3 is 2.69 bits per heavy atom. The molecule has 1 heterocycles. The molecule has 3 rings (SSSR count). The van der Waals surface area contributed by atoms with Gasteiger partial charge in [-0.2, -0.15) is 0 Å². The van der Waals surface area contributed by atoms with Gasteiger partial charge in [0.25, 0.3) is 0 Å². The van der Waals surface area contributed by atoms with Crippen molar-refractivity contribution in [3.63, 3.8) is 0 Å². The van der Waals surface area contributed by atoms with Crippen molar-refractivity contribution in [1.82, 2.24) is 4.98 Å². The second-order valence-corrected chi connectivity index (χ2v) is 5.89. The number of nitrogens with zero attached hydrogens (tertiary/aromatic N) is 2. The van der Waals surface area contributed by atoms with Crippen molar-refractivity contribution in [3.05, 3.63) is 78.1 Å². The lowest BCUT2D eigenvalue weighted by molar-refractivity contribution is -0.137. The van der Waals surface area contributed by atoms with E-state index >= 15 is 0 Å². The number of carbonyl (C=O) groups is 1. The number of carboxylic acids is 1. The van der Waals surface area contributed by atoms with Crippen LogP contribution in [0.1, 0.15) is 30.4 Å². The first kappa shape index (κ1) is 17.6. The summed E-state index contributed by atoms with van der Waals surface area (Å²) in [6, 6.07) is 18.0. The Morgan fingerprint density at radius 1 is 1.04 bits per heavy atom. The van der Waals surface area contributed by atoms with E-state index in [1.165, 1.54) is 0 Å². The Kier molecular flexibility index (Phi) is 5.93. The predicted octanol–water partition coefficient (Wildman–Crippen LogP) is 4.26. The van der Waals surface area contributed by atoms with E-state index in [0.29, 0.717) is 25.2 Å². The molecule has 0 saturated heterocycles. The molecular weight excluding hydrogens is 328 g/mol. The molecule has 0 atom stereocenters. The number of unbranched alkanes of at least 4 members (excludes halogenated alkanes) is 1. The average molecular weight is 348 g/mol. The largest absolute Gasteiger partial charge is 0.481 e. The summed E-state index contributed by atoms with van der Waals surface area (Å²) in [6.45, 7) is 0.377. The van der Waals surface area contributed by atoms with E-state index in [2.05, 4.69) is 28.3 Å². The lowest BCUT2D eigenvalue weighted by atomic mass is 9.97. The average Bonchev–Trinajstić information content (AvgIpc) is 2.68. The van der Waals surface area contributed by atoms with Gasteiger partial charge < -0.3 is 9.94 Å². The number of fused-ring (bicyclic) bond motifs is 1. The molecule has 132 valence electrons. The van der Waals surface area contributed by atoms with Gasteiger partial charge in [-0.1, -0.05) is 47.6 Å². The van der Waals surface area contributed by atoms with E-state index in [0.717, 1.165) is 21.9 Å². The Bertz CT molecular complexity index is 902. The molecule has 0 amide bonds. The zero-order chi connectivity index (χ0) is 18.2. The van der Waals surface area contributed by atoms with Crippen LogP contribution in [0.4, 0.5) is 0 Å². The zero-order valence-electron chi connectivity index (χ0n) is 14.3. The minimum atomic E-state index is -0.791. The maximum atomic E-state index is 10.6. The van der Waals surface area contributed by atoms with E-state index in [-0.39, 0.29) is 6.42 Å². The van der Waals surface area contributed by atoms with Crippen molar-refractivity contribution in [1.29, 1.82) is 0 Å². The zero-order valence-corrected chi connectivity index (χ0v) is 14.3. The Balaban J connectivity index is 1.87. The third-order valence-corrected chi connectivity index (χ3v) is 4.01. The summed E-state index contributed by atoms with van der Waals surface area (Å²) in [5.41, 5.74) is 2.56. The van der Waals surface area contributed by atoms with Gasteiger partial charge in [0.05, 0.1) is 0 Å². The van der Waals surface area contributed by atoms with Crippen molar-refractivity contribution < 1.29 is 14.7 Å². The van der Waals surface area contributed by atoms with Gasteiger partial charge in [0, 0.05) is 29.9 Å². The molecule has 0 fully saturated rings. The molecule has 3 aromatic rings. The highest BCUT2D eigenvalue weighted by atomic mass is 16.6. The number of pyridine rings is 1. The molecule has 0 radical (unpaired) electrons. The maximum Gasteiger partial charge on any atom is 0.303 e. The number of rotatable bonds is 8. The van der Waals surface area contributed by atoms with Crippen LogP contribution in [-0.4, -0.2) is 28.4 Å². The molecule has 0 unspecified atom stereocenters. The monoisotopic (exact) mass is 348 g/mol. The molecule has 1 aromatic heterocycles. The fourth-order valence-corrected chi connectivity index (χ4v) is 2.75. The molecule has 2 aromatic carbocycles. The molecule has 0 bridgehead atoms. The van der Waals surface area contributed by atoms with Crippen LogP contribution in [0.25, 0.3) is 10.8 Å². The van der Waals surface area contributed by atoms with Gasteiger partial charge in [-0.3, -0.25) is 9.78 Å². The third kappa shape index (κ3) is 4.45. The van der Waals surface area contributed by atoms with Crippen molar-refractivity contribution in [3.8, 4) is 0 Å². The predicted molar refractivity (Wildman–Crippen MR) is 101 cm³/mol. The first-order valence-corrected chi connectivity index (χ1v) is 8.56. The SMILES string of the molecule is O=C(O)CCCCON=C(c1cccnc1)c1cccc2ccccc12. The molecule has 0 spiro atoms. The van der Waals surface area contributed by atoms with Gasteiger partial charge in [-0.15, -0.1) is 0 Å². The molecular formula is C21H20N2O3. The van der Waals surface area contributed by atoms with E-state index in [4.69, 9.17) is 9.94 Å². The Labute approximate surface area is 151 Å². The van der Waals surface area contributed by atoms with Gasteiger partial charge >= 0.3 is 5.97 Å². The molecule has 5 nitrogen and oxygen atoms in total. The Morgan fingerprint density at radius 2 is 1.88 bits per heavy atom. The molecule has 0 aliphatic rings. The summed E-state index contributed by atoms with van der Waals surface area (Å²) < 4.78 is 0. The van der Waals surface area contributed by atoms with Crippen molar-refractivity contribution in [2.75, 3.05) is 6.61 Å². The van der Waals surface area contributed by atoms with Crippen LogP contribution in [0.2, 0.25) is 0 Å². The topological polar surface area (TPSA) is 71.8 Å². The number of aliphatic carboxylic acids is 1. The summed E-state index contributed by atoms with van der Waals surface area (Å²) in [7, 11) is 0. The van der Waals surface area contributed by atoms with Crippen molar-refractivity contribution >= 4 is 22.5 Å². The summed E-state index contributed by atoms with van der Waals surface area (Å²) in [4.78, 5) is 20.2. The van der Waals surface area contributed by atoms with E-state index < -0.39 is 5.97 Å². The molecule has 5 heteroatoms. The first-order chi connectivity index (χ1) is 12.8. The second kappa shape index (κ2) is 8.76. The van der Waals surface area contributed by atoms with Gasteiger partial charge in [0.1, 0.15) is 12.3 Å². The number of aromatic nitrogens is 1. The molecule has 0 saturated carbocycles. The number of hydrogen-bond acceptors (Lipinski definition) is 4. The molecule has 0 aliphatic heterocycles. The number of hydrogen-bond donors (Lipinski definition) is 1. The summed E-state index contributed by atoms with van der Waals surface area (Å²) >= 11 is 0. The van der Waals surface area contributed by atoms with E-state index in [1.807, 2.05) is 36.4 Å². The van der Waals surface area contributed by atoms with Crippen LogP contribution in [0.15, 0.2) is 72.1 Å². The number of benzene rings is 2. The Hall–Kier alpha value is -3.21. The van der Waals surface area contributed by atoms with Crippen LogP contribution in [0.3, 0.4) is 0 Å². The second-order valence-electron chi connectivity index (χ2n) is 5.89. The maximum absolute atomic E-state index is 10.6. The fraction of sp³-hybridized carbons (Fsp3) is 0.190. The van der Waals surface area contributed by atoms with Gasteiger partial charge in [-0.05, 0) is 35.7 Å². The lowest BCUT2D eigenvalue weighted by Crippen LogP contribution is -2.06. The van der Waals surface area contributed by atoms with Crippen molar-refractivity contribution in [2.45, 2.75) is 19.3 Å². The fourth-order valence-electron chi connectivity index (χ4n) is 2.75. The molecule has 0 aliphatic carbocycles. The van der Waals surface area contributed by atoms with Gasteiger partial charge in [0.15, 0.2) is 0 Å². The summed E-state index contributed by atoms with van der Waals surface area (Å²) in [5, 5.41) is 15.3. The standard InChI is InChI=1S/C21H20N2O3/c24-20(25)12-3-4-14-26-23-21(17-9-6-13-22-15-17)19-11-5-8-16-7-1-2-10-18(16)19/h1-2,5-11,13,15H,3-4,12,14H2,(H,24,25). The van der Waals surface area contributed by atoms with Crippen LogP contribution >= 0.6 is 0 Å². The van der Waals surface area contributed by atoms with Gasteiger partial charge in [-0.25, -0.2) is 0 Å². The lowest BCUT2D eigenvalue weighted by Gasteiger charge is -2.10. The molecule has 1 N–H and O–H groups in total. The van der Waals surface area contributed by atoms with E-state index in [9.17, 15) is 4.79 Å². The summed E-state index contributed by atoms with van der Waals surface area (Å²) in [5.74, 6) is -0.791. The molecule has 26 heavy (non-hydrogen) atoms. The van der Waals surface area contributed by atoms with Crippen LogP contribution in [0, 0.1) is 0 Å².